The third kappa shape index (κ3) is 2.44. The van der Waals surface area contributed by atoms with Gasteiger partial charge in [-0.15, -0.1) is 0 Å². The number of rotatable bonds is 3. The lowest BCUT2D eigenvalue weighted by Gasteiger charge is -2.16. The molecule has 1 aromatic carbocycles. The van der Waals surface area contributed by atoms with Crippen LogP contribution < -0.4 is 15.8 Å². The highest BCUT2D eigenvalue weighted by molar-refractivity contribution is 7.89. The van der Waals surface area contributed by atoms with Crippen LogP contribution in [0, 0.1) is 0 Å². The standard InChI is InChI=1S/C8H13N3O2S/c1-11(6-9)7-2-4-8(5-3-7)14(10,12)13/h2-5H,6,9H2,1H3,(H2,10,12,13). The van der Waals surface area contributed by atoms with Gasteiger partial charge in [-0.1, -0.05) is 0 Å². The second-order valence-corrected chi connectivity index (χ2v) is 4.48. The molecule has 6 heteroatoms. The zero-order chi connectivity index (χ0) is 10.8. The lowest BCUT2D eigenvalue weighted by molar-refractivity contribution is 0.598. The van der Waals surface area contributed by atoms with Gasteiger partial charge in [-0.2, -0.15) is 0 Å². The van der Waals surface area contributed by atoms with E-state index >= 15 is 0 Å². The first-order valence-corrected chi connectivity index (χ1v) is 5.54. The number of nitrogens with two attached hydrogens (primary N) is 2. The maximum Gasteiger partial charge on any atom is 0.238 e. The molecular weight excluding hydrogens is 202 g/mol. The summed E-state index contributed by atoms with van der Waals surface area (Å²) in [5.74, 6) is 0. The van der Waals surface area contributed by atoms with Crippen molar-refractivity contribution in [3.8, 4) is 0 Å². The molecule has 0 radical (unpaired) electrons. The number of hydrogen-bond donors (Lipinski definition) is 2. The first-order valence-electron chi connectivity index (χ1n) is 3.99. The van der Waals surface area contributed by atoms with E-state index in [2.05, 4.69) is 0 Å². The normalized spacial score (nSPS) is 11.4. The Labute approximate surface area is 83.4 Å². The van der Waals surface area contributed by atoms with E-state index < -0.39 is 10.0 Å². The fourth-order valence-electron chi connectivity index (χ4n) is 0.996. The van der Waals surface area contributed by atoms with Crippen molar-refractivity contribution in [2.75, 3.05) is 18.6 Å². The third-order valence-electron chi connectivity index (χ3n) is 1.88. The molecule has 0 aliphatic heterocycles. The molecule has 5 nitrogen and oxygen atoms in total. The minimum atomic E-state index is -3.60. The van der Waals surface area contributed by atoms with Gasteiger partial charge < -0.3 is 10.6 Å². The van der Waals surface area contributed by atoms with Crippen LogP contribution in [0.1, 0.15) is 0 Å². The molecule has 14 heavy (non-hydrogen) atoms. The minimum absolute atomic E-state index is 0.103. The van der Waals surface area contributed by atoms with Crippen LogP contribution in [-0.2, 0) is 10.0 Å². The van der Waals surface area contributed by atoms with E-state index in [0.29, 0.717) is 6.67 Å². The van der Waals surface area contributed by atoms with E-state index in [1.54, 1.807) is 17.0 Å². The van der Waals surface area contributed by atoms with Crippen LogP contribution in [0.15, 0.2) is 29.2 Å². The Morgan fingerprint density at radius 2 is 1.79 bits per heavy atom. The molecule has 0 heterocycles. The van der Waals surface area contributed by atoms with Gasteiger partial charge in [0.2, 0.25) is 10.0 Å². The fourth-order valence-corrected chi connectivity index (χ4v) is 1.51. The highest BCUT2D eigenvalue weighted by atomic mass is 32.2. The maximum absolute atomic E-state index is 10.9. The Morgan fingerprint density at radius 1 is 1.29 bits per heavy atom. The molecule has 0 saturated heterocycles. The second kappa shape index (κ2) is 3.95. The number of benzene rings is 1. The van der Waals surface area contributed by atoms with E-state index in [4.69, 9.17) is 10.9 Å². The third-order valence-corrected chi connectivity index (χ3v) is 2.81. The van der Waals surface area contributed by atoms with Gasteiger partial charge in [-0.25, -0.2) is 13.6 Å². The van der Waals surface area contributed by atoms with Crippen molar-refractivity contribution in [2.24, 2.45) is 10.9 Å². The van der Waals surface area contributed by atoms with Crippen molar-refractivity contribution in [3.05, 3.63) is 24.3 Å². The van der Waals surface area contributed by atoms with Gasteiger partial charge in [0.25, 0.3) is 0 Å². The monoisotopic (exact) mass is 215 g/mol. The van der Waals surface area contributed by atoms with Crippen LogP contribution in [0.3, 0.4) is 0 Å². The summed E-state index contributed by atoms with van der Waals surface area (Å²) in [5.41, 5.74) is 6.26. The predicted molar refractivity (Wildman–Crippen MR) is 55.3 cm³/mol. The molecule has 0 bridgehead atoms. The van der Waals surface area contributed by atoms with Gasteiger partial charge in [-0.05, 0) is 24.3 Å². The zero-order valence-corrected chi connectivity index (χ0v) is 8.66. The molecule has 0 aliphatic rings. The topological polar surface area (TPSA) is 89.4 Å². The van der Waals surface area contributed by atoms with Gasteiger partial charge in [0, 0.05) is 12.7 Å². The SMILES string of the molecule is CN(CN)c1ccc(S(N)(=O)=O)cc1. The van der Waals surface area contributed by atoms with Crippen LogP contribution in [0.4, 0.5) is 5.69 Å². The Balaban J connectivity index is 3.01. The Morgan fingerprint density at radius 3 is 2.14 bits per heavy atom. The van der Waals surface area contributed by atoms with Gasteiger partial charge in [0.15, 0.2) is 0 Å². The second-order valence-electron chi connectivity index (χ2n) is 2.92. The highest BCUT2D eigenvalue weighted by Gasteiger charge is 2.07. The Kier molecular flexibility index (Phi) is 3.10. The number of primary sulfonamides is 1. The molecule has 0 aliphatic carbocycles. The summed E-state index contributed by atoms with van der Waals surface area (Å²) in [4.78, 5) is 1.89. The maximum atomic E-state index is 10.9. The summed E-state index contributed by atoms with van der Waals surface area (Å²) in [7, 11) is -1.79. The van der Waals surface area contributed by atoms with E-state index in [0.717, 1.165) is 5.69 Å². The van der Waals surface area contributed by atoms with E-state index in [1.807, 2.05) is 7.05 Å². The molecule has 1 rings (SSSR count). The molecule has 0 aromatic heterocycles. The zero-order valence-electron chi connectivity index (χ0n) is 7.84. The summed E-state index contributed by atoms with van der Waals surface area (Å²) in [6, 6.07) is 6.23. The predicted octanol–water partition coefficient (Wildman–Crippen LogP) is -0.314. The van der Waals surface area contributed by atoms with Crippen LogP contribution >= 0.6 is 0 Å². The van der Waals surface area contributed by atoms with E-state index in [1.165, 1.54) is 12.1 Å². The average molecular weight is 215 g/mol. The molecule has 1 aromatic rings. The summed E-state index contributed by atoms with van der Waals surface area (Å²) in [6.45, 7) is 0.370. The van der Waals surface area contributed by atoms with Crippen molar-refractivity contribution >= 4 is 15.7 Å². The lowest BCUT2D eigenvalue weighted by atomic mass is 10.3. The fraction of sp³-hybridized carbons (Fsp3) is 0.250. The quantitative estimate of drug-likeness (QED) is 0.677. The van der Waals surface area contributed by atoms with Crippen LogP contribution in [0.5, 0.6) is 0 Å². The highest BCUT2D eigenvalue weighted by Crippen LogP contribution is 2.14. The van der Waals surface area contributed by atoms with Gasteiger partial charge >= 0.3 is 0 Å². The largest absolute Gasteiger partial charge is 0.362 e. The summed E-state index contributed by atoms with van der Waals surface area (Å²) in [5, 5.41) is 4.95. The van der Waals surface area contributed by atoms with Crippen molar-refractivity contribution in [2.45, 2.75) is 4.90 Å². The Bertz CT molecular complexity index is 399. The summed E-state index contributed by atoms with van der Waals surface area (Å²) < 4.78 is 21.8. The van der Waals surface area contributed by atoms with Gasteiger partial charge in [0.1, 0.15) is 0 Å². The van der Waals surface area contributed by atoms with E-state index in [-0.39, 0.29) is 4.90 Å². The number of anilines is 1. The molecule has 0 saturated carbocycles. The smallest absolute Gasteiger partial charge is 0.238 e. The number of nitrogens with zero attached hydrogens (tertiary/aromatic N) is 1. The summed E-state index contributed by atoms with van der Waals surface area (Å²) >= 11 is 0. The van der Waals surface area contributed by atoms with Crippen molar-refractivity contribution in [1.29, 1.82) is 0 Å². The molecule has 0 atom stereocenters. The first-order chi connectivity index (χ1) is 6.45. The number of sulfonamides is 1. The average Bonchev–Trinajstić information content (AvgIpc) is 2.15. The van der Waals surface area contributed by atoms with Crippen molar-refractivity contribution < 1.29 is 8.42 Å². The molecule has 4 N–H and O–H groups in total. The molecule has 0 fully saturated rings. The van der Waals surface area contributed by atoms with Crippen LogP contribution in [-0.4, -0.2) is 22.1 Å². The van der Waals surface area contributed by atoms with Crippen molar-refractivity contribution in [3.63, 3.8) is 0 Å². The van der Waals surface area contributed by atoms with E-state index in [9.17, 15) is 8.42 Å². The molecular formula is C8H13N3O2S. The van der Waals surface area contributed by atoms with Crippen molar-refractivity contribution in [1.82, 2.24) is 0 Å². The summed E-state index contributed by atoms with van der Waals surface area (Å²) in [6.07, 6.45) is 0. The molecule has 0 spiro atoms. The van der Waals surface area contributed by atoms with Crippen LogP contribution in [0.25, 0.3) is 0 Å². The van der Waals surface area contributed by atoms with Gasteiger partial charge in [0.05, 0.1) is 11.6 Å². The number of hydrogen-bond acceptors (Lipinski definition) is 4. The minimum Gasteiger partial charge on any atom is -0.362 e. The molecule has 0 amide bonds. The van der Waals surface area contributed by atoms with Gasteiger partial charge in [-0.3, -0.25) is 0 Å². The van der Waals surface area contributed by atoms with Crippen LogP contribution in [0.2, 0.25) is 0 Å². The first kappa shape index (κ1) is 11.0. The lowest BCUT2D eigenvalue weighted by Crippen LogP contribution is -2.25. The molecule has 0 unspecified atom stereocenters. The Hall–Kier alpha value is -1.11. The molecule has 78 valence electrons.